The summed E-state index contributed by atoms with van der Waals surface area (Å²) in [5.41, 5.74) is 0.870. The first-order chi connectivity index (χ1) is 8.30. The highest BCUT2D eigenvalue weighted by atomic mass is 35.5. The van der Waals surface area contributed by atoms with Gasteiger partial charge in [-0.25, -0.2) is 4.98 Å². The van der Waals surface area contributed by atoms with E-state index in [2.05, 4.69) is 10.3 Å². The van der Waals surface area contributed by atoms with Crippen LogP contribution < -0.4 is 14.8 Å². The molecule has 0 aliphatic carbocycles. The van der Waals surface area contributed by atoms with E-state index in [0.29, 0.717) is 11.6 Å². The molecule has 2 heterocycles. The quantitative estimate of drug-likeness (QED) is 0.832. The predicted octanol–water partition coefficient (Wildman–Crippen LogP) is 2.61. The van der Waals surface area contributed by atoms with Crippen molar-refractivity contribution in [1.29, 1.82) is 0 Å². The molecule has 0 spiro atoms. The van der Waals surface area contributed by atoms with Crippen LogP contribution in [0, 0.1) is 0 Å². The normalized spacial score (nSPS) is 17.4. The van der Waals surface area contributed by atoms with Crippen LogP contribution in [-0.4, -0.2) is 24.2 Å². The SMILES string of the molecule is CNc1ccc2cc3c(cc2n1)OC(CCl)O3. The summed E-state index contributed by atoms with van der Waals surface area (Å²) in [4.78, 5) is 4.44. The van der Waals surface area contributed by atoms with Crippen molar-refractivity contribution in [2.75, 3.05) is 18.2 Å². The standard InChI is InChI=1S/C12H11ClN2O2/c1-14-11-3-2-7-4-9-10(5-8(7)15-11)17-12(6-13)16-9/h2-5,12H,6H2,1H3,(H,14,15). The summed E-state index contributed by atoms with van der Waals surface area (Å²) in [7, 11) is 1.84. The number of aromatic nitrogens is 1. The van der Waals surface area contributed by atoms with Gasteiger partial charge in [-0.15, -0.1) is 11.6 Å². The summed E-state index contributed by atoms with van der Waals surface area (Å²) >= 11 is 5.70. The number of alkyl halides is 1. The van der Waals surface area contributed by atoms with Crippen molar-refractivity contribution in [1.82, 2.24) is 4.98 Å². The van der Waals surface area contributed by atoms with Crippen LogP contribution in [0.5, 0.6) is 11.5 Å². The largest absolute Gasteiger partial charge is 0.450 e. The minimum atomic E-state index is -0.396. The molecule has 4 nitrogen and oxygen atoms in total. The van der Waals surface area contributed by atoms with Gasteiger partial charge in [-0.2, -0.15) is 0 Å². The lowest BCUT2D eigenvalue weighted by molar-refractivity contribution is 0.0711. The minimum absolute atomic E-state index is 0.306. The van der Waals surface area contributed by atoms with Gasteiger partial charge in [-0.3, -0.25) is 0 Å². The molecule has 2 aromatic rings. The van der Waals surface area contributed by atoms with Crippen molar-refractivity contribution in [2.24, 2.45) is 0 Å². The molecule has 0 saturated heterocycles. The molecule has 88 valence electrons. The van der Waals surface area contributed by atoms with E-state index >= 15 is 0 Å². The number of pyridine rings is 1. The summed E-state index contributed by atoms with van der Waals surface area (Å²) in [6.07, 6.45) is -0.396. The number of rotatable bonds is 2. The molecule has 3 rings (SSSR count). The first-order valence-electron chi connectivity index (χ1n) is 5.32. The number of hydrogen-bond acceptors (Lipinski definition) is 4. The fraction of sp³-hybridized carbons (Fsp3) is 0.250. The fourth-order valence-electron chi connectivity index (χ4n) is 1.82. The van der Waals surface area contributed by atoms with E-state index in [1.54, 1.807) is 0 Å². The molecule has 0 fully saturated rings. The van der Waals surface area contributed by atoms with Gasteiger partial charge < -0.3 is 14.8 Å². The molecule has 1 unspecified atom stereocenters. The third-order valence-corrected chi connectivity index (χ3v) is 2.91. The van der Waals surface area contributed by atoms with Gasteiger partial charge in [0.15, 0.2) is 11.5 Å². The molecule has 0 amide bonds. The lowest BCUT2D eigenvalue weighted by Crippen LogP contribution is -2.19. The second-order valence-corrected chi connectivity index (χ2v) is 4.07. The third-order valence-electron chi connectivity index (χ3n) is 2.65. The van der Waals surface area contributed by atoms with Gasteiger partial charge in [-0.05, 0) is 18.2 Å². The zero-order chi connectivity index (χ0) is 11.8. The van der Waals surface area contributed by atoms with Crippen LogP contribution in [0.25, 0.3) is 10.9 Å². The first kappa shape index (κ1) is 10.5. The van der Waals surface area contributed by atoms with Crippen molar-refractivity contribution >= 4 is 28.3 Å². The zero-order valence-electron chi connectivity index (χ0n) is 9.24. The maximum absolute atomic E-state index is 5.70. The smallest absolute Gasteiger partial charge is 0.254 e. The van der Waals surface area contributed by atoms with Crippen LogP contribution in [-0.2, 0) is 0 Å². The van der Waals surface area contributed by atoms with E-state index in [1.807, 2.05) is 31.3 Å². The van der Waals surface area contributed by atoms with E-state index in [9.17, 15) is 0 Å². The predicted molar refractivity (Wildman–Crippen MR) is 67.1 cm³/mol. The summed E-state index contributed by atoms with van der Waals surface area (Å²) in [6, 6.07) is 7.71. The van der Waals surface area contributed by atoms with Gasteiger partial charge in [0.25, 0.3) is 6.29 Å². The highest BCUT2D eigenvalue weighted by Gasteiger charge is 2.23. The Kier molecular flexibility index (Phi) is 2.44. The van der Waals surface area contributed by atoms with Crippen LogP contribution in [0.2, 0.25) is 0 Å². The Labute approximate surface area is 104 Å². The zero-order valence-corrected chi connectivity index (χ0v) is 9.99. The number of benzene rings is 1. The van der Waals surface area contributed by atoms with Crippen molar-refractivity contribution in [3.05, 3.63) is 24.3 Å². The van der Waals surface area contributed by atoms with Gasteiger partial charge in [-0.1, -0.05) is 0 Å². The average Bonchev–Trinajstić information content (AvgIpc) is 2.77. The van der Waals surface area contributed by atoms with Gasteiger partial charge in [0.1, 0.15) is 5.82 Å². The highest BCUT2D eigenvalue weighted by molar-refractivity contribution is 6.18. The van der Waals surface area contributed by atoms with Crippen molar-refractivity contribution in [3.63, 3.8) is 0 Å². The highest BCUT2D eigenvalue weighted by Crippen LogP contribution is 2.38. The number of fused-ring (bicyclic) bond motifs is 2. The molecule has 0 saturated carbocycles. The molecular weight excluding hydrogens is 240 g/mol. The Hall–Kier alpha value is -1.68. The molecule has 1 N–H and O–H groups in total. The molecular formula is C12H11ClN2O2. The lowest BCUT2D eigenvalue weighted by Gasteiger charge is -2.03. The van der Waals surface area contributed by atoms with Crippen molar-refractivity contribution < 1.29 is 9.47 Å². The second-order valence-electron chi connectivity index (χ2n) is 3.76. The van der Waals surface area contributed by atoms with Crippen molar-refractivity contribution in [2.45, 2.75) is 6.29 Å². The lowest BCUT2D eigenvalue weighted by atomic mass is 10.2. The molecule has 1 atom stereocenters. The fourth-order valence-corrected chi connectivity index (χ4v) is 1.95. The van der Waals surface area contributed by atoms with Gasteiger partial charge >= 0.3 is 0 Å². The molecule has 1 aliphatic rings. The summed E-state index contributed by atoms with van der Waals surface area (Å²) in [5.74, 6) is 2.55. The Morgan fingerprint density at radius 2 is 2.06 bits per heavy atom. The van der Waals surface area contributed by atoms with Gasteiger partial charge in [0, 0.05) is 18.5 Å². The van der Waals surface area contributed by atoms with Gasteiger partial charge in [0.2, 0.25) is 0 Å². The van der Waals surface area contributed by atoms with Crippen LogP contribution in [0.15, 0.2) is 24.3 Å². The van der Waals surface area contributed by atoms with E-state index < -0.39 is 6.29 Å². The molecule has 1 aromatic heterocycles. The average molecular weight is 251 g/mol. The molecule has 1 aliphatic heterocycles. The Bertz CT molecular complexity index is 574. The van der Waals surface area contributed by atoms with Crippen LogP contribution >= 0.6 is 11.6 Å². The number of halogens is 1. The van der Waals surface area contributed by atoms with Crippen LogP contribution in [0.1, 0.15) is 0 Å². The van der Waals surface area contributed by atoms with Crippen LogP contribution in [0.3, 0.4) is 0 Å². The van der Waals surface area contributed by atoms with Crippen molar-refractivity contribution in [3.8, 4) is 11.5 Å². The first-order valence-corrected chi connectivity index (χ1v) is 5.85. The van der Waals surface area contributed by atoms with Crippen LogP contribution in [0.4, 0.5) is 5.82 Å². The Balaban J connectivity index is 2.10. The Morgan fingerprint density at radius 1 is 1.29 bits per heavy atom. The van der Waals surface area contributed by atoms with E-state index in [4.69, 9.17) is 21.1 Å². The van der Waals surface area contributed by atoms with E-state index in [1.165, 1.54) is 0 Å². The monoisotopic (exact) mass is 250 g/mol. The maximum atomic E-state index is 5.70. The molecule has 0 radical (unpaired) electrons. The Morgan fingerprint density at radius 3 is 2.76 bits per heavy atom. The maximum Gasteiger partial charge on any atom is 0.254 e. The molecule has 5 heteroatoms. The molecule has 17 heavy (non-hydrogen) atoms. The number of ether oxygens (including phenoxy) is 2. The second kappa shape index (κ2) is 3.96. The topological polar surface area (TPSA) is 43.4 Å². The summed E-state index contributed by atoms with van der Waals surface area (Å²) < 4.78 is 11.0. The number of anilines is 1. The molecule has 1 aromatic carbocycles. The number of nitrogens with zero attached hydrogens (tertiary/aromatic N) is 1. The van der Waals surface area contributed by atoms with E-state index in [-0.39, 0.29) is 0 Å². The number of hydrogen-bond donors (Lipinski definition) is 1. The minimum Gasteiger partial charge on any atom is -0.450 e. The summed E-state index contributed by atoms with van der Waals surface area (Å²) in [6.45, 7) is 0. The molecule has 0 bridgehead atoms. The summed E-state index contributed by atoms with van der Waals surface area (Å²) in [5, 5.41) is 4.02. The number of nitrogens with one attached hydrogen (secondary N) is 1. The van der Waals surface area contributed by atoms with E-state index in [0.717, 1.165) is 22.5 Å². The van der Waals surface area contributed by atoms with Gasteiger partial charge in [0.05, 0.1) is 11.4 Å². The third kappa shape index (κ3) is 1.74.